The molecule has 2 nitrogen and oxygen atoms in total. The summed E-state index contributed by atoms with van der Waals surface area (Å²) in [6, 6.07) is 0. The summed E-state index contributed by atoms with van der Waals surface area (Å²) >= 11 is 0. The molecular formula is C11H23NO. The van der Waals surface area contributed by atoms with E-state index in [9.17, 15) is 5.11 Å². The van der Waals surface area contributed by atoms with Gasteiger partial charge in [0, 0.05) is 6.54 Å². The monoisotopic (exact) mass is 185 g/mol. The van der Waals surface area contributed by atoms with E-state index in [1.54, 1.807) is 0 Å². The van der Waals surface area contributed by atoms with E-state index in [2.05, 4.69) is 18.9 Å². The maximum absolute atomic E-state index is 10.1. The van der Waals surface area contributed by atoms with Gasteiger partial charge in [-0.05, 0) is 32.9 Å². The fraction of sp³-hybridized carbons (Fsp3) is 1.00. The molecule has 0 saturated heterocycles. The third-order valence-electron chi connectivity index (χ3n) is 2.99. The number of unbranched alkanes of at least 4 members (excludes halogenated alkanes) is 1. The van der Waals surface area contributed by atoms with Crippen molar-refractivity contribution < 1.29 is 5.11 Å². The normalized spacial score (nSPS) is 21.2. The summed E-state index contributed by atoms with van der Waals surface area (Å²) in [5, 5.41) is 10.1. The maximum atomic E-state index is 10.1. The molecule has 0 atom stereocenters. The number of nitrogens with zero attached hydrogens (tertiary/aromatic N) is 1. The van der Waals surface area contributed by atoms with Gasteiger partial charge in [0.25, 0.3) is 0 Å². The highest BCUT2D eigenvalue weighted by Gasteiger charge is 2.31. The number of hydrogen-bond acceptors (Lipinski definition) is 2. The van der Waals surface area contributed by atoms with Crippen LogP contribution >= 0.6 is 0 Å². The first-order valence-corrected chi connectivity index (χ1v) is 5.57. The Bertz CT molecular complexity index is 141. The van der Waals surface area contributed by atoms with Gasteiger partial charge in [0.05, 0.1) is 5.60 Å². The van der Waals surface area contributed by atoms with Gasteiger partial charge in [-0.2, -0.15) is 0 Å². The molecule has 0 aromatic carbocycles. The molecule has 0 aromatic rings. The number of rotatable bonds is 5. The molecule has 1 fully saturated rings. The van der Waals surface area contributed by atoms with E-state index in [4.69, 9.17) is 0 Å². The Kier molecular flexibility index (Phi) is 4.20. The minimum absolute atomic E-state index is 0.359. The zero-order chi connectivity index (χ0) is 9.73. The minimum Gasteiger partial charge on any atom is -0.389 e. The van der Waals surface area contributed by atoms with Crippen LogP contribution in [0, 0.1) is 0 Å². The average Bonchev–Trinajstić information content (AvgIpc) is 2.48. The van der Waals surface area contributed by atoms with Crippen LogP contribution in [0.4, 0.5) is 0 Å². The lowest BCUT2D eigenvalue weighted by molar-refractivity contribution is 0.0162. The Morgan fingerprint density at radius 3 is 2.46 bits per heavy atom. The molecule has 2 heteroatoms. The lowest BCUT2D eigenvalue weighted by Crippen LogP contribution is -2.39. The van der Waals surface area contributed by atoms with Crippen molar-refractivity contribution in [3.8, 4) is 0 Å². The second-order valence-electron chi connectivity index (χ2n) is 4.52. The lowest BCUT2D eigenvalue weighted by atomic mass is 10.0. The van der Waals surface area contributed by atoms with E-state index >= 15 is 0 Å². The highest BCUT2D eigenvalue weighted by molar-refractivity contribution is 4.86. The van der Waals surface area contributed by atoms with E-state index < -0.39 is 0 Å². The van der Waals surface area contributed by atoms with Gasteiger partial charge in [-0.3, -0.25) is 0 Å². The van der Waals surface area contributed by atoms with E-state index in [1.807, 2.05) is 0 Å². The van der Waals surface area contributed by atoms with E-state index in [1.165, 1.54) is 25.7 Å². The summed E-state index contributed by atoms with van der Waals surface area (Å²) in [5.74, 6) is 0. The number of likely N-dealkylation sites (N-methyl/N-ethyl adjacent to an activating group) is 1. The van der Waals surface area contributed by atoms with Crippen molar-refractivity contribution in [2.75, 3.05) is 20.1 Å². The molecule has 1 N–H and O–H groups in total. The SMILES string of the molecule is CCCCN(C)CC1(O)CCCC1. The topological polar surface area (TPSA) is 23.5 Å². The first-order chi connectivity index (χ1) is 6.16. The molecule has 0 aromatic heterocycles. The van der Waals surface area contributed by atoms with Crippen molar-refractivity contribution in [1.82, 2.24) is 4.90 Å². The molecule has 13 heavy (non-hydrogen) atoms. The van der Waals surface area contributed by atoms with Crippen LogP contribution in [0.2, 0.25) is 0 Å². The standard InChI is InChI=1S/C11H23NO/c1-3-4-9-12(2)10-11(13)7-5-6-8-11/h13H,3-10H2,1-2H3. The highest BCUT2D eigenvalue weighted by atomic mass is 16.3. The van der Waals surface area contributed by atoms with Crippen LogP contribution < -0.4 is 0 Å². The molecule has 1 aliphatic rings. The predicted octanol–water partition coefficient (Wildman–Crippen LogP) is 2.02. The van der Waals surface area contributed by atoms with Gasteiger partial charge >= 0.3 is 0 Å². The predicted molar refractivity (Wildman–Crippen MR) is 55.8 cm³/mol. The average molecular weight is 185 g/mol. The Morgan fingerprint density at radius 2 is 1.92 bits per heavy atom. The summed E-state index contributed by atoms with van der Waals surface area (Å²) in [6.07, 6.45) is 6.90. The molecule has 0 spiro atoms. The molecular weight excluding hydrogens is 162 g/mol. The Labute approximate surface area is 81.9 Å². The van der Waals surface area contributed by atoms with Gasteiger partial charge in [0.2, 0.25) is 0 Å². The maximum Gasteiger partial charge on any atom is 0.0774 e. The van der Waals surface area contributed by atoms with Gasteiger partial charge < -0.3 is 10.0 Å². The molecule has 0 radical (unpaired) electrons. The first-order valence-electron chi connectivity index (χ1n) is 5.57. The molecule has 0 bridgehead atoms. The second-order valence-corrected chi connectivity index (χ2v) is 4.52. The van der Waals surface area contributed by atoms with Crippen LogP contribution in [-0.4, -0.2) is 35.7 Å². The van der Waals surface area contributed by atoms with Gasteiger partial charge in [-0.1, -0.05) is 26.2 Å². The summed E-state index contributed by atoms with van der Waals surface area (Å²) in [5.41, 5.74) is -0.359. The van der Waals surface area contributed by atoms with E-state index in [-0.39, 0.29) is 5.60 Å². The minimum atomic E-state index is -0.359. The molecule has 0 heterocycles. The largest absolute Gasteiger partial charge is 0.389 e. The molecule has 1 rings (SSSR count). The third kappa shape index (κ3) is 3.65. The fourth-order valence-corrected chi connectivity index (χ4v) is 2.20. The van der Waals surface area contributed by atoms with Crippen molar-refractivity contribution in [3.63, 3.8) is 0 Å². The quantitative estimate of drug-likeness (QED) is 0.708. The highest BCUT2D eigenvalue weighted by Crippen LogP contribution is 2.29. The fourth-order valence-electron chi connectivity index (χ4n) is 2.20. The van der Waals surface area contributed by atoms with Crippen LogP contribution in [0.1, 0.15) is 45.4 Å². The van der Waals surface area contributed by atoms with Gasteiger partial charge in [0.1, 0.15) is 0 Å². The molecule has 0 amide bonds. The third-order valence-corrected chi connectivity index (χ3v) is 2.99. The second kappa shape index (κ2) is 4.97. The van der Waals surface area contributed by atoms with Crippen molar-refractivity contribution in [1.29, 1.82) is 0 Å². The van der Waals surface area contributed by atoms with Crippen LogP contribution in [0.25, 0.3) is 0 Å². The van der Waals surface area contributed by atoms with Crippen LogP contribution in [0.3, 0.4) is 0 Å². The van der Waals surface area contributed by atoms with E-state index in [0.29, 0.717) is 0 Å². The molecule has 0 aliphatic heterocycles. The summed E-state index contributed by atoms with van der Waals surface area (Å²) in [7, 11) is 2.12. The molecule has 78 valence electrons. The van der Waals surface area contributed by atoms with Gasteiger partial charge in [-0.25, -0.2) is 0 Å². The summed E-state index contributed by atoms with van der Waals surface area (Å²) < 4.78 is 0. The van der Waals surface area contributed by atoms with Crippen LogP contribution in [0.5, 0.6) is 0 Å². The van der Waals surface area contributed by atoms with Gasteiger partial charge in [-0.15, -0.1) is 0 Å². The van der Waals surface area contributed by atoms with Crippen LogP contribution in [0.15, 0.2) is 0 Å². The molecule has 1 saturated carbocycles. The molecule has 1 aliphatic carbocycles. The Hall–Kier alpha value is -0.0800. The summed E-state index contributed by atoms with van der Waals surface area (Å²) in [4.78, 5) is 2.27. The first kappa shape index (κ1) is 11.0. The van der Waals surface area contributed by atoms with E-state index in [0.717, 1.165) is 25.9 Å². The van der Waals surface area contributed by atoms with Crippen molar-refractivity contribution in [3.05, 3.63) is 0 Å². The summed E-state index contributed by atoms with van der Waals surface area (Å²) in [6.45, 7) is 4.20. The lowest BCUT2D eigenvalue weighted by Gasteiger charge is -2.28. The van der Waals surface area contributed by atoms with Crippen LogP contribution in [-0.2, 0) is 0 Å². The van der Waals surface area contributed by atoms with Crippen molar-refractivity contribution in [2.24, 2.45) is 0 Å². The Balaban J connectivity index is 2.21. The molecule has 0 unspecified atom stereocenters. The zero-order valence-electron chi connectivity index (χ0n) is 9.05. The zero-order valence-corrected chi connectivity index (χ0v) is 9.05. The van der Waals surface area contributed by atoms with Gasteiger partial charge in [0.15, 0.2) is 0 Å². The smallest absolute Gasteiger partial charge is 0.0774 e. The van der Waals surface area contributed by atoms with Crippen molar-refractivity contribution in [2.45, 2.75) is 51.0 Å². The number of hydrogen-bond donors (Lipinski definition) is 1. The van der Waals surface area contributed by atoms with Crippen molar-refractivity contribution >= 4 is 0 Å². The number of aliphatic hydroxyl groups is 1. The Morgan fingerprint density at radius 1 is 1.31 bits per heavy atom.